The standard InChI is InChI=1S/C6H13N3/c1-4(8)6(3-7)5(2)9/h3-4,7H,8-9H2,1-2H3/b6-5-,7-3?. The lowest BCUT2D eigenvalue weighted by Crippen LogP contribution is -2.21. The Morgan fingerprint density at radius 1 is 1.67 bits per heavy atom. The lowest BCUT2D eigenvalue weighted by atomic mass is 10.1. The second-order valence-corrected chi connectivity index (χ2v) is 2.07. The van der Waals surface area contributed by atoms with E-state index in [1.54, 1.807) is 13.8 Å². The van der Waals surface area contributed by atoms with Crippen LogP contribution in [0.5, 0.6) is 0 Å². The van der Waals surface area contributed by atoms with Crippen molar-refractivity contribution in [2.24, 2.45) is 11.5 Å². The van der Waals surface area contributed by atoms with E-state index < -0.39 is 0 Å². The van der Waals surface area contributed by atoms with Crippen LogP contribution < -0.4 is 11.5 Å². The molecule has 1 unspecified atom stereocenters. The largest absolute Gasteiger partial charge is 0.402 e. The van der Waals surface area contributed by atoms with Gasteiger partial charge in [-0.1, -0.05) is 0 Å². The molecule has 0 aromatic carbocycles. The van der Waals surface area contributed by atoms with E-state index in [4.69, 9.17) is 16.9 Å². The van der Waals surface area contributed by atoms with Gasteiger partial charge >= 0.3 is 0 Å². The van der Waals surface area contributed by atoms with E-state index in [1.807, 2.05) is 0 Å². The molecule has 0 bridgehead atoms. The normalized spacial score (nSPS) is 16.3. The van der Waals surface area contributed by atoms with Crippen LogP contribution in [0.15, 0.2) is 11.3 Å². The van der Waals surface area contributed by atoms with Gasteiger partial charge in [0.2, 0.25) is 0 Å². The summed E-state index contributed by atoms with van der Waals surface area (Å²) in [6, 6.07) is -0.132. The van der Waals surface area contributed by atoms with E-state index >= 15 is 0 Å². The van der Waals surface area contributed by atoms with Gasteiger partial charge in [0.1, 0.15) is 0 Å². The van der Waals surface area contributed by atoms with Gasteiger partial charge < -0.3 is 16.9 Å². The summed E-state index contributed by atoms with van der Waals surface area (Å²) < 4.78 is 0. The Labute approximate surface area is 55.2 Å². The van der Waals surface area contributed by atoms with Gasteiger partial charge in [-0.15, -0.1) is 0 Å². The first kappa shape index (κ1) is 8.17. The van der Waals surface area contributed by atoms with Gasteiger partial charge in [-0.25, -0.2) is 0 Å². The van der Waals surface area contributed by atoms with Crippen LogP contribution >= 0.6 is 0 Å². The van der Waals surface area contributed by atoms with Gasteiger partial charge in [-0.3, -0.25) is 0 Å². The van der Waals surface area contributed by atoms with Gasteiger partial charge in [0.15, 0.2) is 0 Å². The average molecular weight is 127 g/mol. The fourth-order valence-electron chi connectivity index (χ4n) is 0.604. The Bertz CT molecular complexity index is 131. The van der Waals surface area contributed by atoms with Crippen LogP contribution in [0.2, 0.25) is 0 Å². The zero-order chi connectivity index (χ0) is 7.44. The molecule has 3 heteroatoms. The lowest BCUT2D eigenvalue weighted by molar-refractivity contribution is 0.882. The molecule has 0 aliphatic carbocycles. The van der Waals surface area contributed by atoms with Crippen molar-refractivity contribution >= 4 is 6.21 Å². The molecule has 0 aliphatic rings. The van der Waals surface area contributed by atoms with Gasteiger partial charge in [0.25, 0.3) is 0 Å². The molecule has 0 fully saturated rings. The topological polar surface area (TPSA) is 75.9 Å². The highest BCUT2D eigenvalue weighted by Crippen LogP contribution is 1.97. The van der Waals surface area contributed by atoms with E-state index in [0.29, 0.717) is 11.3 Å². The van der Waals surface area contributed by atoms with Crippen molar-refractivity contribution in [1.29, 1.82) is 5.41 Å². The third kappa shape index (κ3) is 2.28. The smallest absolute Gasteiger partial charge is 0.0298 e. The molecule has 0 saturated carbocycles. The Balaban J connectivity index is 4.34. The first-order chi connectivity index (χ1) is 4.09. The SMILES string of the molecule is C/C(N)=C(\C=N)C(C)N. The van der Waals surface area contributed by atoms with Crippen molar-refractivity contribution in [3.63, 3.8) is 0 Å². The van der Waals surface area contributed by atoms with Crippen molar-refractivity contribution in [3.8, 4) is 0 Å². The Hall–Kier alpha value is -0.830. The van der Waals surface area contributed by atoms with Crippen LogP contribution in [0.3, 0.4) is 0 Å². The maximum absolute atomic E-state index is 6.88. The number of hydrogen-bond donors (Lipinski definition) is 3. The summed E-state index contributed by atoms with van der Waals surface area (Å²) >= 11 is 0. The molecular weight excluding hydrogens is 114 g/mol. The van der Waals surface area contributed by atoms with Crippen molar-refractivity contribution in [3.05, 3.63) is 11.3 Å². The molecular formula is C6H13N3. The molecule has 0 aromatic heterocycles. The van der Waals surface area contributed by atoms with Gasteiger partial charge in [-0.2, -0.15) is 0 Å². The number of nitrogens with one attached hydrogen (secondary N) is 1. The molecule has 0 radical (unpaired) electrons. The highest BCUT2D eigenvalue weighted by Gasteiger charge is 2.00. The maximum atomic E-state index is 6.88. The van der Waals surface area contributed by atoms with E-state index in [1.165, 1.54) is 6.21 Å². The van der Waals surface area contributed by atoms with E-state index in [9.17, 15) is 0 Å². The predicted molar refractivity (Wildman–Crippen MR) is 39.3 cm³/mol. The minimum Gasteiger partial charge on any atom is -0.402 e. The van der Waals surface area contributed by atoms with Crippen LogP contribution in [0.4, 0.5) is 0 Å². The van der Waals surface area contributed by atoms with Crippen LogP contribution in [-0.2, 0) is 0 Å². The summed E-state index contributed by atoms with van der Waals surface area (Å²) in [5, 5.41) is 6.88. The fourth-order valence-corrected chi connectivity index (χ4v) is 0.604. The molecule has 1 atom stereocenters. The number of rotatable bonds is 2. The highest BCUT2D eigenvalue weighted by atomic mass is 14.7. The van der Waals surface area contributed by atoms with Crippen LogP contribution in [0.25, 0.3) is 0 Å². The van der Waals surface area contributed by atoms with E-state index in [0.717, 1.165) is 0 Å². The Morgan fingerprint density at radius 2 is 2.11 bits per heavy atom. The first-order valence-corrected chi connectivity index (χ1v) is 2.82. The molecule has 5 N–H and O–H groups in total. The summed E-state index contributed by atoms with van der Waals surface area (Å²) in [5.74, 6) is 0. The maximum Gasteiger partial charge on any atom is 0.0298 e. The summed E-state index contributed by atoms with van der Waals surface area (Å²) in [6.07, 6.45) is 1.19. The quantitative estimate of drug-likeness (QED) is 0.464. The molecule has 0 aliphatic heterocycles. The van der Waals surface area contributed by atoms with Gasteiger partial charge in [0, 0.05) is 23.5 Å². The fraction of sp³-hybridized carbons (Fsp3) is 0.500. The van der Waals surface area contributed by atoms with Crippen LogP contribution in [0, 0.1) is 5.41 Å². The number of hydrogen-bond acceptors (Lipinski definition) is 3. The van der Waals surface area contributed by atoms with Crippen molar-refractivity contribution < 1.29 is 0 Å². The van der Waals surface area contributed by atoms with Gasteiger partial charge in [0.05, 0.1) is 0 Å². The molecule has 0 heterocycles. The van der Waals surface area contributed by atoms with E-state index in [-0.39, 0.29) is 6.04 Å². The molecule has 0 aromatic rings. The second kappa shape index (κ2) is 3.25. The summed E-state index contributed by atoms with van der Waals surface area (Å²) in [4.78, 5) is 0. The monoisotopic (exact) mass is 127 g/mol. The minimum atomic E-state index is -0.132. The van der Waals surface area contributed by atoms with Crippen molar-refractivity contribution in [2.45, 2.75) is 19.9 Å². The zero-order valence-corrected chi connectivity index (χ0v) is 5.81. The predicted octanol–water partition coefficient (Wildman–Crippen LogP) is 0.216. The van der Waals surface area contributed by atoms with E-state index in [2.05, 4.69) is 0 Å². The van der Waals surface area contributed by atoms with Crippen LogP contribution in [0.1, 0.15) is 13.8 Å². The van der Waals surface area contributed by atoms with Crippen molar-refractivity contribution in [1.82, 2.24) is 0 Å². The Kier molecular flexibility index (Phi) is 2.95. The Morgan fingerprint density at radius 3 is 2.11 bits per heavy atom. The highest BCUT2D eigenvalue weighted by molar-refractivity contribution is 5.78. The average Bonchev–Trinajstić information content (AvgIpc) is 1.64. The second-order valence-electron chi connectivity index (χ2n) is 2.07. The molecule has 0 saturated heterocycles. The minimum absolute atomic E-state index is 0.132. The third-order valence-corrected chi connectivity index (χ3v) is 1.10. The number of nitrogens with two attached hydrogens (primary N) is 2. The molecule has 0 rings (SSSR count). The zero-order valence-electron chi connectivity index (χ0n) is 5.81. The molecule has 0 spiro atoms. The van der Waals surface area contributed by atoms with Crippen LogP contribution in [-0.4, -0.2) is 12.3 Å². The summed E-state index contributed by atoms with van der Waals surface area (Å²) in [7, 11) is 0. The summed E-state index contributed by atoms with van der Waals surface area (Å²) in [6.45, 7) is 3.54. The summed E-state index contributed by atoms with van der Waals surface area (Å²) in [5.41, 5.74) is 12.2. The first-order valence-electron chi connectivity index (χ1n) is 2.82. The van der Waals surface area contributed by atoms with Gasteiger partial charge in [-0.05, 0) is 13.8 Å². The molecule has 9 heavy (non-hydrogen) atoms. The lowest BCUT2D eigenvalue weighted by Gasteiger charge is -2.06. The molecule has 0 amide bonds. The molecule has 52 valence electrons. The van der Waals surface area contributed by atoms with Crippen molar-refractivity contribution in [2.75, 3.05) is 0 Å². The molecule has 3 nitrogen and oxygen atoms in total. The number of allylic oxidation sites excluding steroid dienone is 1. The third-order valence-electron chi connectivity index (χ3n) is 1.10.